The minimum atomic E-state index is -0.0913. The number of fused-ring (bicyclic) bond motifs is 1. The highest BCUT2D eigenvalue weighted by Gasteiger charge is 2.12. The number of hydrogen-bond acceptors (Lipinski definition) is 4. The quantitative estimate of drug-likeness (QED) is 0.364. The first-order chi connectivity index (χ1) is 14.1. The van der Waals surface area contributed by atoms with Gasteiger partial charge in [0.1, 0.15) is 6.54 Å². The zero-order chi connectivity index (χ0) is 20.2. The molecule has 0 aliphatic heterocycles. The van der Waals surface area contributed by atoms with Crippen molar-refractivity contribution in [1.29, 1.82) is 0 Å². The lowest BCUT2D eigenvalue weighted by atomic mass is 10.1. The monoisotopic (exact) mass is 406 g/mol. The Morgan fingerprint density at radius 3 is 2.79 bits per heavy atom. The standard InChI is InChI=1S/C21H22N6OS/c1-15-7-9-16(10-8-15)20-24-25-21(29)27(20)13-19(28)22-11-4-12-26-14-23-17-5-2-3-6-18(17)26/h2-3,5-10,14H,4,11-13H2,1H3,(H,22,28)(H,25,29). The summed E-state index contributed by atoms with van der Waals surface area (Å²) in [7, 11) is 0. The van der Waals surface area contributed by atoms with Gasteiger partial charge in [0.2, 0.25) is 5.91 Å². The molecule has 0 atom stereocenters. The van der Waals surface area contributed by atoms with E-state index in [4.69, 9.17) is 12.2 Å². The Morgan fingerprint density at radius 2 is 1.97 bits per heavy atom. The maximum absolute atomic E-state index is 12.4. The van der Waals surface area contributed by atoms with Crippen molar-refractivity contribution in [1.82, 2.24) is 29.6 Å². The van der Waals surface area contributed by atoms with E-state index in [1.807, 2.05) is 61.8 Å². The van der Waals surface area contributed by atoms with Crippen molar-refractivity contribution in [3.8, 4) is 11.4 Å². The van der Waals surface area contributed by atoms with Crippen LogP contribution < -0.4 is 5.32 Å². The van der Waals surface area contributed by atoms with E-state index in [0.717, 1.165) is 35.1 Å². The number of hydrogen-bond donors (Lipinski definition) is 2. The molecule has 0 saturated carbocycles. The number of para-hydroxylation sites is 2. The van der Waals surface area contributed by atoms with Gasteiger partial charge in [-0.3, -0.25) is 14.5 Å². The first-order valence-corrected chi connectivity index (χ1v) is 9.91. The number of rotatable bonds is 7. The topological polar surface area (TPSA) is 80.5 Å². The van der Waals surface area contributed by atoms with E-state index in [-0.39, 0.29) is 12.5 Å². The van der Waals surface area contributed by atoms with E-state index < -0.39 is 0 Å². The molecule has 2 N–H and O–H groups in total. The molecule has 148 valence electrons. The summed E-state index contributed by atoms with van der Waals surface area (Å²) in [5.41, 5.74) is 4.17. The van der Waals surface area contributed by atoms with Crippen molar-refractivity contribution >= 4 is 29.2 Å². The van der Waals surface area contributed by atoms with Gasteiger partial charge in [0, 0.05) is 18.7 Å². The molecule has 1 amide bonds. The molecule has 7 nitrogen and oxygen atoms in total. The van der Waals surface area contributed by atoms with Crippen LogP contribution in [0.5, 0.6) is 0 Å². The van der Waals surface area contributed by atoms with Gasteiger partial charge >= 0.3 is 0 Å². The first kappa shape index (κ1) is 19.1. The average molecular weight is 407 g/mol. The molecule has 0 spiro atoms. The van der Waals surface area contributed by atoms with Gasteiger partial charge in [-0.1, -0.05) is 42.0 Å². The lowest BCUT2D eigenvalue weighted by Gasteiger charge is -2.09. The fourth-order valence-electron chi connectivity index (χ4n) is 3.25. The second kappa shape index (κ2) is 8.40. The summed E-state index contributed by atoms with van der Waals surface area (Å²) < 4.78 is 4.25. The number of H-pyrrole nitrogens is 1. The van der Waals surface area contributed by atoms with Crippen LogP contribution in [0.2, 0.25) is 0 Å². The lowest BCUT2D eigenvalue weighted by Crippen LogP contribution is -2.29. The number of aromatic amines is 1. The zero-order valence-corrected chi connectivity index (χ0v) is 16.9. The molecule has 4 aromatic rings. The molecule has 8 heteroatoms. The van der Waals surface area contributed by atoms with Gasteiger partial charge in [0.25, 0.3) is 0 Å². The molecule has 0 aliphatic rings. The molecule has 2 heterocycles. The van der Waals surface area contributed by atoms with Crippen molar-refractivity contribution in [3.63, 3.8) is 0 Å². The third kappa shape index (κ3) is 4.27. The fourth-order valence-corrected chi connectivity index (χ4v) is 3.45. The van der Waals surface area contributed by atoms with Crippen LogP contribution in [0.25, 0.3) is 22.4 Å². The van der Waals surface area contributed by atoms with E-state index in [9.17, 15) is 4.79 Å². The van der Waals surface area contributed by atoms with Crippen molar-refractivity contribution < 1.29 is 4.79 Å². The lowest BCUT2D eigenvalue weighted by molar-refractivity contribution is -0.121. The van der Waals surface area contributed by atoms with Gasteiger partial charge in [0.05, 0.1) is 17.4 Å². The smallest absolute Gasteiger partial charge is 0.240 e. The van der Waals surface area contributed by atoms with Crippen molar-refractivity contribution in [2.24, 2.45) is 0 Å². The molecule has 0 unspecified atom stereocenters. The largest absolute Gasteiger partial charge is 0.354 e. The Balaban J connectivity index is 1.34. The van der Waals surface area contributed by atoms with Crippen molar-refractivity contribution in [2.45, 2.75) is 26.4 Å². The highest BCUT2D eigenvalue weighted by molar-refractivity contribution is 7.71. The number of aromatic nitrogens is 5. The molecule has 0 fully saturated rings. The number of carbonyl (C=O) groups excluding carboxylic acids is 1. The molecule has 2 aromatic carbocycles. The van der Waals surface area contributed by atoms with Crippen LogP contribution in [0.15, 0.2) is 54.9 Å². The summed E-state index contributed by atoms with van der Waals surface area (Å²) in [5.74, 6) is 0.571. The van der Waals surface area contributed by atoms with Gasteiger partial charge in [-0.05, 0) is 37.7 Å². The van der Waals surface area contributed by atoms with Crippen LogP contribution in [-0.2, 0) is 17.9 Å². The summed E-state index contributed by atoms with van der Waals surface area (Å²) in [5, 5.41) is 10.0. The summed E-state index contributed by atoms with van der Waals surface area (Å²) in [6, 6.07) is 16.0. The van der Waals surface area contributed by atoms with Crippen LogP contribution >= 0.6 is 12.2 Å². The number of imidazole rings is 1. The molecule has 0 saturated heterocycles. The fraction of sp³-hybridized carbons (Fsp3) is 0.238. The maximum Gasteiger partial charge on any atom is 0.240 e. The van der Waals surface area contributed by atoms with Crippen LogP contribution in [0.1, 0.15) is 12.0 Å². The summed E-state index contributed by atoms with van der Waals surface area (Å²) >= 11 is 5.31. The molecular formula is C21H22N6OS. The number of benzene rings is 2. The Kier molecular flexibility index (Phi) is 5.53. The van der Waals surface area contributed by atoms with Crippen LogP contribution in [0, 0.1) is 11.7 Å². The Morgan fingerprint density at radius 1 is 1.17 bits per heavy atom. The molecule has 0 aliphatic carbocycles. The number of carbonyl (C=O) groups is 1. The highest BCUT2D eigenvalue weighted by atomic mass is 32.1. The normalized spacial score (nSPS) is 11.1. The van der Waals surface area contributed by atoms with Crippen LogP contribution in [0.3, 0.4) is 0 Å². The number of nitrogens with zero attached hydrogens (tertiary/aromatic N) is 4. The van der Waals surface area contributed by atoms with Gasteiger partial charge in [-0.2, -0.15) is 5.10 Å². The third-order valence-corrected chi connectivity index (χ3v) is 5.11. The predicted octanol–water partition coefficient (Wildman–Crippen LogP) is 3.47. The minimum Gasteiger partial charge on any atom is -0.354 e. The highest BCUT2D eigenvalue weighted by Crippen LogP contribution is 2.18. The zero-order valence-electron chi connectivity index (χ0n) is 16.1. The van der Waals surface area contributed by atoms with Crippen molar-refractivity contribution in [3.05, 3.63) is 65.2 Å². The Hall–Kier alpha value is -3.26. The number of aryl methyl sites for hydroxylation is 2. The van der Waals surface area contributed by atoms with E-state index in [2.05, 4.69) is 25.1 Å². The predicted molar refractivity (Wildman–Crippen MR) is 115 cm³/mol. The van der Waals surface area contributed by atoms with E-state index in [1.54, 1.807) is 4.57 Å². The summed E-state index contributed by atoms with van der Waals surface area (Å²) in [6.07, 6.45) is 2.65. The SMILES string of the molecule is Cc1ccc(-c2n[nH]c(=S)n2CC(=O)NCCCn2cnc3ccccc32)cc1. The van der Waals surface area contributed by atoms with Crippen LogP contribution in [0.4, 0.5) is 0 Å². The summed E-state index contributed by atoms with van der Waals surface area (Å²) in [4.78, 5) is 16.8. The molecule has 0 bridgehead atoms. The minimum absolute atomic E-state index is 0.0913. The molecular weight excluding hydrogens is 384 g/mol. The van der Waals surface area contributed by atoms with E-state index in [1.165, 1.54) is 0 Å². The van der Waals surface area contributed by atoms with Gasteiger partial charge in [-0.25, -0.2) is 4.98 Å². The van der Waals surface area contributed by atoms with Crippen LogP contribution in [-0.4, -0.2) is 36.8 Å². The summed E-state index contributed by atoms with van der Waals surface area (Å²) in [6.45, 7) is 3.53. The second-order valence-electron chi connectivity index (χ2n) is 6.93. The Bertz CT molecular complexity index is 1190. The second-order valence-corrected chi connectivity index (χ2v) is 7.32. The van der Waals surface area contributed by atoms with Gasteiger partial charge in [-0.15, -0.1) is 0 Å². The van der Waals surface area contributed by atoms with E-state index >= 15 is 0 Å². The third-order valence-electron chi connectivity index (χ3n) is 4.80. The molecule has 4 rings (SSSR count). The maximum atomic E-state index is 12.4. The Labute approximate surface area is 173 Å². The molecule has 2 aromatic heterocycles. The number of nitrogens with one attached hydrogen (secondary N) is 2. The molecule has 0 radical (unpaired) electrons. The van der Waals surface area contributed by atoms with Gasteiger partial charge < -0.3 is 9.88 Å². The number of amides is 1. The van der Waals surface area contributed by atoms with E-state index in [0.29, 0.717) is 17.1 Å². The van der Waals surface area contributed by atoms with Crippen molar-refractivity contribution in [2.75, 3.05) is 6.54 Å². The molecule has 29 heavy (non-hydrogen) atoms. The first-order valence-electron chi connectivity index (χ1n) is 9.50. The van der Waals surface area contributed by atoms with Gasteiger partial charge in [0.15, 0.2) is 10.6 Å². The average Bonchev–Trinajstić information content (AvgIpc) is 3.30.